The van der Waals surface area contributed by atoms with Crippen LogP contribution in [0.1, 0.15) is 38.5 Å². The lowest BCUT2D eigenvalue weighted by Gasteiger charge is -2.25. The number of carbonyl (C=O) groups excluding carboxylic acids is 1. The standard InChI is InChI=1S/C17H29N3O.2ClH/c21-16(15-11-17(15)4-6-18-7-5-17)20-10-3-14(13-20)12-19-8-1-2-9-19;;/h14-15,18H,1-13H2;2*1H. The second kappa shape index (κ2) is 7.90. The van der Waals surface area contributed by atoms with Gasteiger partial charge in [0, 0.05) is 25.6 Å². The molecule has 0 aromatic heterocycles. The third kappa shape index (κ3) is 3.97. The van der Waals surface area contributed by atoms with Gasteiger partial charge in [-0.2, -0.15) is 0 Å². The lowest BCUT2D eigenvalue weighted by molar-refractivity contribution is -0.132. The molecule has 23 heavy (non-hydrogen) atoms. The molecule has 0 bridgehead atoms. The van der Waals surface area contributed by atoms with Crippen LogP contribution in [0.25, 0.3) is 0 Å². The largest absolute Gasteiger partial charge is 0.342 e. The van der Waals surface area contributed by atoms with Crippen LogP contribution < -0.4 is 5.32 Å². The maximum Gasteiger partial charge on any atom is 0.226 e. The van der Waals surface area contributed by atoms with Gasteiger partial charge in [-0.05, 0) is 76.0 Å². The van der Waals surface area contributed by atoms with Gasteiger partial charge < -0.3 is 15.1 Å². The zero-order valence-electron chi connectivity index (χ0n) is 14.0. The van der Waals surface area contributed by atoms with Crippen LogP contribution in [0.4, 0.5) is 0 Å². The number of nitrogens with zero attached hydrogens (tertiary/aromatic N) is 2. The number of carbonyl (C=O) groups is 1. The average molecular weight is 364 g/mol. The summed E-state index contributed by atoms with van der Waals surface area (Å²) in [5.74, 6) is 1.58. The number of halogens is 2. The molecule has 3 heterocycles. The van der Waals surface area contributed by atoms with Crippen LogP contribution in [-0.2, 0) is 4.79 Å². The fraction of sp³-hybridized carbons (Fsp3) is 0.941. The van der Waals surface area contributed by atoms with E-state index in [2.05, 4.69) is 15.1 Å². The summed E-state index contributed by atoms with van der Waals surface area (Å²) < 4.78 is 0. The SMILES string of the molecule is Cl.Cl.O=C(C1CC12CCNCC2)N1CCC(CN2CCCC2)C1. The molecule has 0 aromatic carbocycles. The highest BCUT2D eigenvalue weighted by Gasteiger charge is 2.58. The van der Waals surface area contributed by atoms with Crippen molar-refractivity contribution in [3.8, 4) is 0 Å². The zero-order valence-corrected chi connectivity index (χ0v) is 15.6. The summed E-state index contributed by atoms with van der Waals surface area (Å²) in [6, 6.07) is 0. The van der Waals surface area contributed by atoms with Crippen molar-refractivity contribution < 1.29 is 4.79 Å². The molecule has 0 radical (unpaired) electrons. The number of hydrogen-bond acceptors (Lipinski definition) is 3. The van der Waals surface area contributed by atoms with Crippen molar-refractivity contribution in [2.75, 3.05) is 45.8 Å². The second-order valence-corrected chi connectivity index (χ2v) is 7.82. The van der Waals surface area contributed by atoms with Gasteiger partial charge in [-0.25, -0.2) is 0 Å². The second-order valence-electron chi connectivity index (χ2n) is 7.82. The lowest BCUT2D eigenvalue weighted by atomic mass is 9.91. The highest BCUT2D eigenvalue weighted by atomic mass is 35.5. The van der Waals surface area contributed by atoms with Crippen LogP contribution in [0.2, 0.25) is 0 Å². The number of hydrogen-bond donors (Lipinski definition) is 1. The number of amides is 1. The zero-order chi connectivity index (χ0) is 14.3. The molecule has 3 aliphatic heterocycles. The molecule has 6 heteroatoms. The molecular weight excluding hydrogens is 333 g/mol. The molecule has 1 N–H and O–H groups in total. The van der Waals surface area contributed by atoms with Crippen molar-refractivity contribution >= 4 is 30.7 Å². The first-order valence-corrected chi connectivity index (χ1v) is 8.99. The Bertz CT molecular complexity index is 409. The van der Waals surface area contributed by atoms with Gasteiger partial charge >= 0.3 is 0 Å². The van der Waals surface area contributed by atoms with Gasteiger partial charge in [0.15, 0.2) is 0 Å². The van der Waals surface area contributed by atoms with Gasteiger partial charge in [0.2, 0.25) is 5.91 Å². The predicted molar refractivity (Wildman–Crippen MR) is 97.5 cm³/mol. The normalized spacial score (nSPS) is 32.4. The van der Waals surface area contributed by atoms with Crippen LogP contribution in [0.5, 0.6) is 0 Å². The first kappa shape index (κ1) is 19.3. The number of likely N-dealkylation sites (tertiary alicyclic amines) is 2. The molecule has 1 aliphatic carbocycles. The average Bonchev–Trinajstić information content (AvgIpc) is 2.92. The fourth-order valence-corrected chi connectivity index (χ4v) is 4.91. The van der Waals surface area contributed by atoms with Crippen molar-refractivity contribution in [1.82, 2.24) is 15.1 Å². The Hall–Kier alpha value is -0.0300. The molecule has 2 unspecified atom stereocenters. The van der Waals surface area contributed by atoms with Crippen molar-refractivity contribution in [2.24, 2.45) is 17.3 Å². The molecule has 134 valence electrons. The van der Waals surface area contributed by atoms with Gasteiger partial charge in [-0.1, -0.05) is 0 Å². The van der Waals surface area contributed by atoms with Crippen molar-refractivity contribution in [3.05, 3.63) is 0 Å². The van der Waals surface area contributed by atoms with Gasteiger partial charge in [-0.3, -0.25) is 4.79 Å². The minimum Gasteiger partial charge on any atom is -0.342 e. The Morgan fingerprint density at radius 1 is 1.09 bits per heavy atom. The third-order valence-electron chi connectivity index (χ3n) is 6.40. The van der Waals surface area contributed by atoms with Crippen LogP contribution in [0, 0.1) is 17.3 Å². The summed E-state index contributed by atoms with van der Waals surface area (Å²) in [5, 5.41) is 3.43. The maximum atomic E-state index is 12.8. The van der Waals surface area contributed by atoms with Crippen molar-refractivity contribution in [3.63, 3.8) is 0 Å². The summed E-state index contributed by atoms with van der Waals surface area (Å²) in [7, 11) is 0. The van der Waals surface area contributed by atoms with E-state index in [9.17, 15) is 4.79 Å². The Morgan fingerprint density at radius 3 is 2.48 bits per heavy atom. The van der Waals surface area contributed by atoms with E-state index < -0.39 is 0 Å². The summed E-state index contributed by atoms with van der Waals surface area (Å²) in [4.78, 5) is 17.6. The molecule has 2 atom stereocenters. The van der Waals surface area contributed by atoms with E-state index in [1.807, 2.05) is 0 Å². The topological polar surface area (TPSA) is 35.6 Å². The van der Waals surface area contributed by atoms with E-state index in [4.69, 9.17) is 0 Å². The number of nitrogens with one attached hydrogen (secondary N) is 1. The molecular formula is C17H31Cl2N3O. The van der Waals surface area contributed by atoms with Crippen LogP contribution in [-0.4, -0.2) is 61.5 Å². The molecule has 4 fully saturated rings. The molecule has 3 saturated heterocycles. The molecule has 1 amide bonds. The highest BCUT2D eigenvalue weighted by molar-refractivity contribution is 5.85. The Kier molecular flexibility index (Phi) is 6.63. The summed E-state index contributed by atoms with van der Waals surface area (Å²) >= 11 is 0. The Balaban J connectivity index is 0.000000960. The molecule has 4 aliphatic rings. The van der Waals surface area contributed by atoms with Gasteiger partial charge in [0.25, 0.3) is 0 Å². The molecule has 4 rings (SSSR count). The van der Waals surface area contributed by atoms with Crippen LogP contribution in [0.15, 0.2) is 0 Å². The first-order valence-electron chi connectivity index (χ1n) is 8.99. The van der Waals surface area contributed by atoms with E-state index in [0.29, 0.717) is 17.2 Å². The highest BCUT2D eigenvalue weighted by Crippen LogP contribution is 2.59. The maximum absolute atomic E-state index is 12.8. The van der Waals surface area contributed by atoms with E-state index in [0.717, 1.165) is 32.1 Å². The van der Waals surface area contributed by atoms with Gasteiger partial charge in [0.1, 0.15) is 0 Å². The molecule has 4 nitrogen and oxygen atoms in total. The van der Waals surface area contributed by atoms with Crippen molar-refractivity contribution in [1.29, 1.82) is 0 Å². The van der Waals surface area contributed by atoms with Crippen LogP contribution >= 0.6 is 24.8 Å². The smallest absolute Gasteiger partial charge is 0.226 e. The summed E-state index contributed by atoms with van der Waals surface area (Å²) in [6.45, 7) is 8.06. The van der Waals surface area contributed by atoms with Gasteiger partial charge in [0.05, 0.1) is 0 Å². The number of rotatable bonds is 3. The quantitative estimate of drug-likeness (QED) is 0.834. The monoisotopic (exact) mass is 363 g/mol. The predicted octanol–water partition coefficient (Wildman–Crippen LogP) is 2.16. The number of piperidine rings is 1. The Labute approximate surface area is 152 Å². The van der Waals surface area contributed by atoms with E-state index >= 15 is 0 Å². The first-order chi connectivity index (χ1) is 10.3. The lowest BCUT2D eigenvalue weighted by Crippen LogP contribution is -2.36. The molecule has 0 aromatic rings. The third-order valence-corrected chi connectivity index (χ3v) is 6.40. The summed E-state index contributed by atoms with van der Waals surface area (Å²) in [6.07, 6.45) is 7.56. The van der Waals surface area contributed by atoms with E-state index in [-0.39, 0.29) is 24.8 Å². The van der Waals surface area contributed by atoms with E-state index in [1.165, 1.54) is 58.2 Å². The van der Waals surface area contributed by atoms with E-state index in [1.54, 1.807) is 0 Å². The minimum absolute atomic E-state index is 0. The molecule has 1 spiro atoms. The van der Waals surface area contributed by atoms with Crippen LogP contribution in [0.3, 0.4) is 0 Å². The minimum atomic E-state index is 0. The fourth-order valence-electron chi connectivity index (χ4n) is 4.91. The molecule has 1 saturated carbocycles. The van der Waals surface area contributed by atoms with Gasteiger partial charge in [-0.15, -0.1) is 24.8 Å². The summed E-state index contributed by atoms with van der Waals surface area (Å²) in [5.41, 5.74) is 0.398. The van der Waals surface area contributed by atoms with Crippen molar-refractivity contribution in [2.45, 2.75) is 38.5 Å². The Morgan fingerprint density at radius 2 is 1.78 bits per heavy atom.